The number of benzene rings is 1. The first-order chi connectivity index (χ1) is 12.2. The summed E-state index contributed by atoms with van der Waals surface area (Å²) in [5.74, 6) is 1.59. The molecule has 0 unspecified atom stereocenters. The van der Waals surface area contributed by atoms with Crippen LogP contribution in [-0.4, -0.2) is 40.6 Å². The second kappa shape index (κ2) is 8.25. The number of rotatable bonds is 6. The standard InChI is InChI=1S/C19H26N4O2/c1-3-9-20-19(24)15-7-10-23(11-8-15)13-17-21-18(22-25-17)16-6-4-5-14(2)12-16/h4-6,12,15H,3,7-11,13H2,1-2H3,(H,20,24). The minimum absolute atomic E-state index is 0.133. The van der Waals surface area contributed by atoms with Gasteiger partial charge in [0.1, 0.15) is 0 Å². The predicted molar refractivity (Wildman–Crippen MR) is 95.8 cm³/mol. The van der Waals surface area contributed by atoms with E-state index in [0.717, 1.165) is 44.5 Å². The molecule has 1 N–H and O–H groups in total. The Balaban J connectivity index is 1.52. The van der Waals surface area contributed by atoms with Gasteiger partial charge in [-0.25, -0.2) is 0 Å². The van der Waals surface area contributed by atoms with Crippen molar-refractivity contribution in [2.24, 2.45) is 5.92 Å². The van der Waals surface area contributed by atoms with Crippen molar-refractivity contribution in [3.05, 3.63) is 35.7 Å². The lowest BCUT2D eigenvalue weighted by atomic mass is 9.96. The molecule has 134 valence electrons. The van der Waals surface area contributed by atoms with Crippen molar-refractivity contribution >= 4 is 5.91 Å². The van der Waals surface area contributed by atoms with E-state index in [0.29, 0.717) is 18.3 Å². The van der Waals surface area contributed by atoms with E-state index in [1.54, 1.807) is 0 Å². The zero-order chi connectivity index (χ0) is 17.6. The average Bonchev–Trinajstić information content (AvgIpc) is 3.09. The highest BCUT2D eigenvalue weighted by Crippen LogP contribution is 2.21. The van der Waals surface area contributed by atoms with Gasteiger partial charge in [-0.3, -0.25) is 9.69 Å². The van der Waals surface area contributed by atoms with Crippen molar-refractivity contribution in [1.82, 2.24) is 20.4 Å². The lowest BCUT2D eigenvalue weighted by molar-refractivity contribution is -0.126. The Morgan fingerprint density at radius 1 is 1.36 bits per heavy atom. The summed E-state index contributed by atoms with van der Waals surface area (Å²) in [6.07, 6.45) is 2.74. The van der Waals surface area contributed by atoms with E-state index in [9.17, 15) is 4.79 Å². The van der Waals surface area contributed by atoms with Crippen LogP contribution in [0.15, 0.2) is 28.8 Å². The van der Waals surface area contributed by atoms with Gasteiger partial charge in [0.05, 0.1) is 6.54 Å². The maximum Gasteiger partial charge on any atom is 0.241 e. The van der Waals surface area contributed by atoms with Gasteiger partial charge in [0, 0.05) is 18.0 Å². The summed E-state index contributed by atoms with van der Waals surface area (Å²) >= 11 is 0. The maximum atomic E-state index is 12.0. The molecule has 1 amide bonds. The lowest BCUT2D eigenvalue weighted by Gasteiger charge is -2.30. The smallest absolute Gasteiger partial charge is 0.241 e. The van der Waals surface area contributed by atoms with Crippen LogP contribution < -0.4 is 5.32 Å². The topological polar surface area (TPSA) is 71.3 Å². The van der Waals surface area contributed by atoms with E-state index in [-0.39, 0.29) is 11.8 Å². The molecule has 1 fully saturated rings. The molecule has 1 aliphatic rings. The van der Waals surface area contributed by atoms with Crippen LogP contribution in [0.5, 0.6) is 0 Å². The fraction of sp³-hybridized carbons (Fsp3) is 0.526. The molecule has 0 spiro atoms. The highest BCUT2D eigenvalue weighted by Gasteiger charge is 2.25. The van der Waals surface area contributed by atoms with Gasteiger partial charge in [0.15, 0.2) is 0 Å². The summed E-state index contributed by atoms with van der Waals surface area (Å²) in [5.41, 5.74) is 2.15. The van der Waals surface area contributed by atoms with Crippen molar-refractivity contribution in [3.63, 3.8) is 0 Å². The molecule has 1 saturated heterocycles. The molecule has 0 aliphatic carbocycles. The summed E-state index contributed by atoms with van der Waals surface area (Å²) in [7, 11) is 0. The first-order valence-electron chi connectivity index (χ1n) is 9.05. The number of nitrogens with zero attached hydrogens (tertiary/aromatic N) is 3. The number of amides is 1. The molecule has 25 heavy (non-hydrogen) atoms. The maximum absolute atomic E-state index is 12.0. The van der Waals surface area contributed by atoms with Crippen LogP contribution in [0.1, 0.15) is 37.6 Å². The summed E-state index contributed by atoms with van der Waals surface area (Å²) in [6.45, 7) is 7.28. The Morgan fingerprint density at radius 3 is 2.88 bits per heavy atom. The van der Waals surface area contributed by atoms with Gasteiger partial charge >= 0.3 is 0 Å². The Bertz CT molecular complexity index is 705. The molecule has 0 saturated carbocycles. The Kier molecular flexibility index (Phi) is 5.81. The molecule has 2 aromatic rings. The van der Waals surface area contributed by atoms with Crippen LogP contribution in [0.3, 0.4) is 0 Å². The van der Waals surface area contributed by atoms with Gasteiger partial charge in [0.2, 0.25) is 17.6 Å². The number of hydrogen-bond donors (Lipinski definition) is 1. The zero-order valence-electron chi connectivity index (χ0n) is 15.0. The summed E-state index contributed by atoms with van der Waals surface area (Å²) in [6, 6.07) is 8.08. The third-order valence-corrected chi connectivity index (χ3v) is 4.61. The summed E-state index contributed by atoms with van der Waals surface area (Å²) < 4.78 is 5.41. The Labute approximate surface area is 148 Å². The van der Waals surface area contributed by atoms with Crippen molar-refractivity contribution in [2.75, 3.05) is 19.6 Å². The van der Waals surface area contributed by atoms with Crippen LogP contribution in [0.25, 0.3) is 11.4 Å². The number of nitrogens with one attached hydrogen (secondary N) is 1. The number of hydrogen-bond acceptors (Lipinski definition) is 5. The number of aryl methyl sites for hydroxylation is 1. The van der Waals surface area contributed by atoms with Crippen LogP contribution in [-0.2, 0) is 11.3 Å². The second-order valence-corrected chi connectivity index (χ2v) is 6.72. The number of aromatic nitrogens is 2. The molecule has 1 aromatic heterocycles. The van der Waals surface area contributed by atoms with Gasteiger partial charge in [-0.2, -0.15) is 4.98 Å². The van der Waals surface area contributed by atoms with Crippen LogP contribution >= 0.6 is 0 Å². The van der Waals surface area contributed by atoms with E-state index >= 15 is 0 Å². The van der Waals surface area contributed by atoms with Crippen molar-refractivity contribution in [3.8, 4) is 11.4 Å². The van der Waals surface area contributed by atoms with Crippen LogP contribution in [0, 0.1) is 12.8 Å². The second-order valence-electron chi connectivity index (χ2n) is 6.72. The van der Waals surface area contributed by atoms with Gasteiger partial charge in [-0.05, 0) is 45.3 Å². The Hall–Kier alpha value is -2.21. The molecular weight excluding hydrogens is 316 g/mol. The van der Waals surface area contributed by atoms with Crippen LogP contribution in [0.4, 0.5) is 0 Å². The van der Waals surface area contributed by atoms with E-state index in [2.05, 4.69) is 33.3 Å². The molecule has 0 atom stereocenters. The molecule has 6 heteroatoms. The van der Waals surface area contributed by atoms with Gasteiger partial charge < -0.3 is 9.84 Å². The highest BCUT2D eigenvalue weighted by molar-refractivity contribution is 5.78. The minimum Gasteiger partial charge on any atom is -0.356 e. The quantitative estimate of drug-likeness (QED) is 0.874. The largest absolute Gasteiger partial charge is 0.356 e. The first-order valence-corrected chi connectivity index (χ1v) is 9.05. The molecular formula is C19H26N4O2. The number of carbonyl (C=O) groups is 1. The molecule has 1 aliphatic heterocycles. The summed E-state index contributed by atoms with van der Waals surface area (Å²) in [4.78, 5) is 18.8. The van der Waals surface area contributed by atoms with Gasteiger partial charge in [-0.15, -0.1) is 0 Å². The number of carbonyl (C=O) groups excluding carboxylic acids is 1. The van der Waals surface area contributed by atoms with E-state index in [1.807, 2.05) is 25.1 Å². The highest BCUT2D eigenvalue weighted by atomic mass is 16.5. The third kappa shape index (κ3) is 4.66. The molecule has 2 heterocycles. The first kappa shape index (κ1) is 17.6. The van der Waals surface area contributed by atoms with Crippen LogP contribution in [0.2, 0.25) is 0 Å². The van der Waals surface area contributed by atoms with E-state index < -0.39 is 0 Å². The Morgan fingerprint density at radius 2 is 2.16 bits per heavy atom. The minimum atomic E-state index is 0.133. The molecule has 3 rings (SSSR count). The number of likely N-dealkylation sites (tertiary alicyclic amines) is 1. The van der Waals surface area contributed by atoms with Crippen molar-refractivity contribution < 1.29 is 9.32 Å². The fourth-order valence-corrected chi connectivity index (χ4v) is 3.16. The summed E-state index contributed by atoms with van der Waals surface area (Å²) in [5, 5.41) is 7.09. The normalized spacial score (nSPS) is 16.1. The lowest BCUT2D eigenvalue weighted by Crippen LogP contribution is -2.40. The third-order valence-electron chi connectivity index (χ3n) is 4.61. The van der Waals surface area contributed by atoms with E-state index in [1.165, 1.54) is 5.56 Å². The molecule has 6 nitrogen and oxygen atoms in total. The molecule has 0 radical (unpaired) electrons. The number of piperidine rings is 1. The fourth-order valence-electron chi connectivity index (χ4n) is 3.16. The monoisotopic (exact) mass is 342 g/mol. The average molecular weight is 342 g/mol. The predicted octanol–water partition coefficient (Wildman–Crippen LogP) is 2.78. The molecule has 1 aromatic carbocycles. The van der Waals surface area contributed by atoms with Crippen molar-refractivity contribution in [2.45, 2.75) is 39.7 Å². The van der Waals surface area contributed by atoms with Crippen molar-refractivity contribution in [1.29, 1.82) is 0 Å². The molecule has 0 bridgehead atoms. The SMILES string of the molecule is CCCNC(=O)C1CCN(Cc2nc(-c3cccc(C)c3)no2)CC1. The van der Waals surface area contributed by atoms with E-state index in [4.69, 9.17) is 4.52 Å². The van der Waals surface area contributed by atoms with Gasteiger partial charge in [0.25, 0.3) is 0 Å². The zero-order valence-corrected chi connectivity index (χ0v) is 15.0. The van der Waals surface area contributed by atoms with Gasteiger partial charge in [-0.1, -0.05) is 35.8 Å².